The van der Waals surface area contributed by atoms with Crippen LogP contribution in [0.2, 0.25) is 5.02 Å². The standard InChI is InChI=1S/C17H19ClFN3O3S/c1-11-4-6-13(9-16(11)26(24,25)22(2)3)21-17(23)10-20-15-7-5-12(19)8-14(15)18/h4-9,20H,10H2,1-3H3,(H,21,23). The Bertz CT molecular complexity index is 933. The number of amides is 1. The van der Waals surface area contributed by atoms with Crippen LogP contribution < -0.4 is 10.6 Å². The smallest absolute Gasteiger partial charge is 0.243 e. The van der Waals surface area contributed by atoms with E-state index in [0.29, 0.717) is 16.9 Å². The lowest BCUT2D eigenvalue weighted by Crippen LogP contribution is -2.24. The van der Waals surface area contributed by atoms with Crippen LogP contribution in [0.15, 0.2) is 41.3 Å². The zero-order chi connectivity index (χ0) is 19.5. The number of benzene rings is 2. The highest BCUT2D eigenvalue weighted by Gasteiger charge is 2.20. The van der Waals surface area contributed by atoms with Gasteiger partial charge in [0.15, 0.2) is 0 Å². The molecule has 0 aliphatic rings. The molecule has 0 atom stereocenters. The highest BCUT2D eigenvalue weighted by molar-refractivity contribution is 7.89. The molecular formula is C17H19ClFN3O3S. The van der Waals surface area contributed by atoms with Crippen LogP contribution in [0.5, 0.6) is 0 Å². The molecule has 0 bridgehead atoms. The van der Waals surface area contributed by atoms with Crippen LogP contribution in [-0.2, 0) is 14.8 Å². The molecule has 0 unspecified atom stereocenters. The number of carbonyl (C=O) groups is 1. The number of hydrogen-bond donors (Lipinski definition) is 2. The predicted molar refractivity (Wildman–Crippen MR) is 101 cm³/mol. The van der Waals surface area contributed by atoms with E-state index in [4.69, 9.17) is 11.6 Å². The van der Waals surface area contributed by atoms with Crippen molar-refractivity contribution in [3.63, 3.8) is 0 Å². The average molecular weight is 400 g/mol. The van der Waals surface area contributed by atoms with Crippen molar-refractivity contribution in [2.45, 2.75) is 11.8 Å². The van der Waals surface area contributed by atoms with Crippen LogP contribution in [0.1, 0.15) is 5.56 Å². The third kappa shape index (κ3) is 4.72. The third-order valence-electron chi connectivity index (χ3n) is 3.60. The normalized spacial score (nSPS) is 11.5. The van der Waals surface area contributed by atoms with E-state index in [2.05, 4.69) is 10.6 Å². The van der Waals surface area contributed by atoms with Gasteiger partial charge in [-0.3, -0.25) is 4.79 Å². The lowest BCUT2D eigenvalue weighted by Gasteiger charge is -2.15. The summed E-state index contributed by atoms with van der Waals surface area (Å²) in [6, 6.07) is 8.44. The second-order valence-corrected chi connectivity index (χ2v) is 8.32. The molecule has 0 aliphatic carbocycles. The van der Waals surface area contributed by atoms with Crippen LogP contribution in [0.3, 0.4) is 0 Å². The van der Waals surface area contributed by atoms with Gasteiger partial charge in [-0.25, -0.2) is 17.1 Å². The van der Waals surface area contributed by atoms with Gasteiger partial charge in [-0.2, -0.15) is 0 Å². The largest absolute Gasteiger partial charge is 0.375 e. The summed E-state index contributed by atoms with van der Waals surface area (Å²) in [5, 5.41) is 5.58. The van der Waals surface area contributed by atoms with Gasteiger partial charge >= 0.3 is 0 Å². The van der Waals surface area contributed by atoms with E-state index in [1.807, 2.05) is 0 Å². The average Bonchev–Trinajstić information content (AvgIpc) is 2.55. The van der Waals surface area contributed by atoms with E-state index in [9.17, 15) is 17.6 Å². The van der Waals surface area contributed by atoms with Gasteiger partial charge < -0.3 is 10.6 Å². The summed E-state index contributed by atoms with van der Waals surface area (Å²) < 4.78 is 38.8. The summed E-state index contributed by atoms with van der Waals surface area (Å²) >= 11 is 5.89. The summed E-state index contributed by atoms with van der Waals surface area (Å²) in [4.78, 5) is 12.2. The molecule has 2 N–H and O–H groups in total. The summed E-state index contributed by atoms with van der Waals surface area (Å²) in [5.74, 6) is -0.873. The van der Waals surface area contributed by atoms with Gasteiger partial charge in [-0.05, 0) is 42.8 Å². The minimum Gasteiger partial charge on any atom is -0.375 e. The SMILES string of the molecule is Cc1ccc(NC(=O)CNc2ccc(F)cc2Cl)cc1S(=O)(=O)N(C)C. The molecule has 2 aromatic carbocycles. The Kier molecular flexibility index (Phi) is 6.22. The number of hydrogen-bond acceptors (Lipinski definition) is 4. The molecule has 0 fully saturated rings. The molecule has 0 aromatic heterocycles. The summed E-state index contributed by atoms with van der Waals surface area (Å²) in [6.45, 7) is 1.56. The predicted octanol–water partition coefficient (Wildman–Crippen LogP) is 3.09. The van der Waals surface area contributed by atoms with Gasteiger partial charge in [0.25, 0.3) is 0 Å². The lowest BCUT2D eigenvalue weighted by molar-refractivity contribution is -0.114. The lowest BCUT2D eigenvalue weighted by atomic mass is 10.2. The number of anilines is 2. The first-order valence-corrected chi connectivity index (χ1v) is 9.45. The van der Waals surface area contributed by atoms with Gasteiger partial charge in [0.05, 0.1) is 22.2 Å². The van der Waals surface area contributed by atoms with E-state index >= 15 is 0 Å². The molecule has 0 heterocycles. The molecule has 1 amide bonds. The molecular weight excluding hydrogens is 381 g/mol. The monoisotopic (exact) mass is 399 g/mol. The molecule has 6 nitrogen and oxygen atoms in total. The Morgan fingerprint density at radius 1 is 1.19 bits per heavy atom. The van der Waals surface area contributed by atoms with Crippen LogP contribution in [0.4, 0.5) is 15.8 Å². The fraction of sp³-hybridized carbons (Fsp3) is 0.235. The van der Waals surface area contributed by atoms with Crippen LogP contribution in [0, 0.1) is 12.7 Å². The van der Waals surface area contributed by atoms with Crippen LogP contribution in [0.25, 0.3) is 0 Å². The van der Waals surface area contributed by atoms with Crippen molar-refractivity contribution in [2.24, 2.45) is 0 Å². The molecule has 0 saturated carbocycles. The number of sulfonamides is 1. The Morgan fingerprint density at radius 2 is 1.88 bits per heavy atom. The van der Waals surface area contributed by atoms with Gasteiger partial charge in [-0.15, -0.1) is 0 Å². The van der Waals surface area contributed by atoms with Crippen molar-refractivity contribution in [1.82, 2.24) is 4.31 Å². The highest BCUT2D eigenvalue weighted by Crippen LogP contribution is 2.23. The van der Waals surface area contributed by atoms with E-state index in [0.717, 1.165) is 10.4 Å². The highest BCUT2D eigenvalue weighted by atomic mass is 35.5. The van der Waals surface area contributed by atoms with Crippen LogP contribution in [-0.4, -0.2) is 39.3 Å². The quantitative estimate of drug-likeness (QED) is 0.782. The van der Waals surface area contributed by atoms with E-state index in [-0.39, 0.29) is 16.5 Å². The molecule has 0 radical (unpaired) electrons. The first kappa shape index (κ1) is 20.2. The molecule has 0 spiro atoms. The summed E-state index contributed by atoms with van der Waals surface area (Å²) in [6.07, 6.45) is 0. The summed E-state index contributed by atoms with van der Waals surface area (Å²) in [5.41, 5.74) is 1.35. The fourth-order valence-electron chi connectivity index (χ4n) is 2.17. The third-order valence-corrected chi connectivity index (χ3v) is 5.87. The maximum Gasteiger partial charge on any atom is 0.243 e. The van der Waals surface area contributed by atoms with Crippen molar-refractivity contribution in [2.75, 3.05) is 31.3 Å². The second-order valence-electron chi connectivity index (χ2n) is 5.79. The number of rotatable bonds is 6. The molecule has 140 valence electrons. The van der Waals surface area contributed by atoms with Crippen molar-refractivity contribution in [1.29, 1.82) is 0 Å². The zero-order valence-electron chi connectivity index (χ0n) is 14.5. The van der Waals surface area contributed by atoms with Crippen LogP contribution >= 0.6 is 11.6 Å². The topological polar surface area (TPSA) is 78.5 Å². The molecule has 2 rings (SSSR count). The van der Waals surface area contributed by atoms with Crippen molar-refractivity contribution >= 4 is 38.9 Å². The number of halogens is 2. The van der Waals surface area contributed by atoms with Crippen molar-refractivity contribution in [3.8, 4) is 0 Å². The van der Waals surface area contributed by atoms with Crippen molar-refractivity contribution < 1.29 is 17.6 Å². The molecule has 0 saturated heterocycles. The van der Waals surface area contributed by atoms with E-state index in [1.54, 1.807) is 19.1 Å². The van der Waals surface area contributed by atoms with E-state index in [1.165, 1.54) is 32.3 Å². The Morgan fingerprint density at radius 3 is 2.50 bits per heavy atom. The van der Waals surface area contributed by atoms with Crippen molar-refractivity contribution in [3.05, 3.63) is 52.8 Å². The zero-order valence-corrected chi connectivity index (χ0v) is 16.1. The number of aryl methyl sites for hydroxylation is 1. The fourth-order valence-corrected chi connectivity index (χ4v) is 3.54. The molecule has 2 aromatic rings. The van der Waals surface area contributed by atoms with Gasteiger partial charge in [0, 0.05) is 19.8 Å². The van der Waals surface area contributed by atoms with Gasteiger partial charge in [0.2, 0.25) is 15.9 Å². The molecule has 0 aliphatic heterocycles. The van der Waals surface area contributed by atoms with Gasteiger partial charge in [-0.1, -0.05) is 17.7 Å². The molecule has 26 heavy (non-hydrogen) atoms. The first-order valence-electron chi connectivity index (χ1n) is 7.63. The maximum atomic E-state index is 13.0. The summed E-state index contributed by atoms with van der Waals surface area (Å²) in [7, 11) is -0.736. The van der Waals surface area contributed by atoms with Gasteiger partial charge in [0.1, 0.15) is 5.82 Å². The Hall–Kier alpha value is -2.16. The number of nitrogens with one attached hydrogen (secondary N) is 2. The Balaban J connectivity index is 2.10. The minimum atomic E-state index is -3.62. The maximum absolute atomic E-state index is 13.0. The number of carbonyl (C=O) groups excluding carboxylic acids is 1. The first-order chi connectivity index (χ1) is 12.1. The molecule has 9 heteroatoms. The minimum absolute atomic E-state index is 0.116. The number of nitrogens with zero attached hydrogens (tertiary/aromatic N) is 1. The second kappa shape index (κ2) is 8.03. The van der Waals surface area contributed by atoms with E-state index < -0.39 is 21.7 Å². The Labute approximate surface area is 157 Å².